The fourth-order valence-corrected chi connectivity index (χ4v) is 3.02. The molecule has 0 radical (unpaired) electrons. The normalized spacial score (nSPS) is 17.7. The van der Waals surface area contributed by atoms with Gasteiger partial charge in [-0.2, -0.15) is 0 Å². The second-order valence-electron chi connectivity index (χ2n) is 5.97. The topological polar surface area (TPSA) is 49.8 Å². The smallest absolute Gasteiger partial charge is 0.267 e. The van der Waals surface area contributed by atoms with Gasteiger partial charge in [0.25, 0.3) is 5.91 Å². The van der Waals surface area contributed by atoms with Crippen LogP contribution in [0.2, 0.25) is 0 Å². The molecule has 23 heavy (non-hydrogen) atoms. The number of aliphatic hydroxyl groups excluding tert-OH is 1. The minimum atomic E-state index is -0.581. The number of hydrogen-bond donors (Lipinski definition) is 1. The van der Waals surface area contributed by atoms with Crippen molar-refractivity contribution in [2.24, 2.45) is 0 Å². The van der Waals surface area contributed by atoms with Crippen LogP contribution in [0.5, 0.6) is 5.75 Å². The van der Waals surface area contributed by atoms with E-state index < -0.39 is 6.10 Å². The summed E-state index contributed by atoms with van der Waals surface area (Å²) in [4.78, 5) is 14.6. The molecule has 0 saturated heterocycles. The molecular formula is C19H21NO3. The fourth-order valence-electron chi connectivity index (χ4n) is 3.02. The summed E-state index contributed by atoms with van der Waals surface area (Å²) in [6.07, 6.45) is -0.581. The molecule has 120 valence electrons. The summed E-state index contributed by atoms with van der Waals surface area (Å²) in [5, 5.41) is 9.19. The lowest BCUT2D eigenvalue weighted by Crippen LogP contribution is -2.39. The van der Waals surface area contributed by atoms with Gasteiger partial charge >= 0.3 is 0 Å². The molecule has 1 N–H and O–H groups in total. The van der Waals surface area contributed by atoms with Crippen LogP contribution in [0.4, 0.5) is 5.69 Å². The first-order valence-corrected chi connectivity index (χ1v) is 7.87. The van der Waals surface area contributed by atoms with Crippen molar-refractivity contribution in [1.82, 2.24) is 0 Å². The van der Waals surface area contributed by atoms with Crippen LogP contribution >= 0.6 is 0 Å². The van der Waals surface area contributed by atoms with Gasteiger partial charge in [0, 0.05) is 18.2 Å². The zero-order chi connectivity index (χ0) is 16.4. The maximum atomic E-state index is 12.8. The Morgan fingerprint density at radius 1 is 1.30 bits per heavy atom. The van der Waals surface area contributed by atoms with Crippen LogP contribution < -0.4 is 9.64 Å². The van der Waals surface area contributed by atoms with E-state index in [9.17, 15) is 9.90 Å². The summed E-state index contributed by atoms with van der Waals surface area (Å²) in [5.41, 5.74) is 2.95. The Balaban J connectivity index is 1.75. The summed E-state index contributed by atoms with van der Waals surface area (Å²) in [6.45, 7) is 4.53. The van der Waals surface area contributed by atoms with Gasteiger partial charge in [0.1, 0.15) is 5.75 Å². The molecule has 0 bridgehead atoms. The van der Waals surface area contributed by atoms with Gasteiger partial charge in [-0.25, -0.2) is 0 Å². The van der Waals surface area contributed by atoms with Crippen molar-refractivity contribution in [3.8, 4) is 5.75 Å². The number of hydrogen-bond acceptors (Lipinski definition) is 3. The Labute approximate surface area is 136 Å². The zero-order valence-electron chi connectivity index (χ0n) is 13.4. The SMILES string of the molecule is CC(Oc1cccc(CO)c1)C(=O)N1CC(C)c2ccccc21. The van der Waals surface area contributed by atoms with Crippen LogP contribution in [-0.2, 0) is 11.4 Å². The quantitative estimate of drug-likeness (QED) is 0.944. The van der Waals surface area contributed by atoms with Gasteiger partial charge in [-0.3, -0.25) is 4.79 Å². The van der Waals surface area contributed by atoms with Crippen molar-refractivity contribution < 1.29 is 14.6 Å². The van der Waals surface area contributed by atoms with E-state index in [0.29, 0.717) is 18.2 Å². The van der Waals surface area contributed by atoms with Gasteiger partial charge < -0.3 is 14.7 Å². The standard InChI is InChI=1S/C19H21NO3/c1-13-11-20(18-9-4-3-8-17(13)18)19(22)14(2)23-16-7-5-6-15(10-16)12-21/h3-10,13-14,21H,11-12H2,1-2H3. The number of aliphatic hydroxyl groups is 1. The summed E-state index contributed by atoms with van der Waals surface area (Å²) >= 11 is 0. The number of anilines is 1. The van der Waals surface area contributed by atoms with E-state index in [1.165, 1.54) is 5.56 Å². The highest BCUT2D eigenvalue weighted by molar-refractivity contribution is 5.98. The summed E-state index contributed by atoms with van der Waals surface area (Å²) < 4.78 is 5.78. The number of para-hydroxylation sites is 1. The van der Waals surface area contributed by atoms with Crippen molar-refractivity contribution in [3.05, 3.63) is 59.7 Å². The highest BCUT2D eigenvalue weighted by Crippen LogP contribution is 2.36. The largest absolute Gasteiger partial charge is 0.481 e. The van der Waals surface area contributed by atoms with Crippen molar-refractivity contribution in [2.75, 3.05) is 11.4 Å². The van der Waals surface area contributed by atoms with E-state index in [1.807, 2.05) is 30.3 Å². The predicted molar refractivity (Wildman–Crippen MR) is 89.7 cm³/mol. The molecular weight excluding hydrogens is 290 g/mol. The fraction of sp³-hybridized carbons (Fsp3) is 0.316. The third-order valence-electron chi connectivity index (χ3n) is 4.22. The lowest BCUT2D eigenvalue weighted by atomic mass is 10.0. The van der Waals surface area contributed by atoms with Crippen molar-refractivity contribution in [3.63, 3.8) is 0 Å². The summed E-state index contributed by atoms with van der Waals surface area (Å²) in [7, 11) is 0. The molecule has 1 aliphatic heterocycles. The van der Waals surface area contributed by atoms with E-state index in [1.54, 1.807) is 24.0 Å². The van der Waals surface area contributed by atoms with Crippen LogP contribution in [-0.4, -0.2) is 23.7 Å². The predicted octanol–water partition coefficient (Wildman–Crippen LogP) is 3.10. The Kier molecular flexibility index (Phi) is 4.35. The average molecular weight is 311 g/mol. The molecule has 0 fully saturated rings. The Hall–Kier alpha value is -2.33. The molecule has 2 aromatic carbocycles. The van der Waals surface area contributed by atoms with Crippen molar-refractivity contribution in [2.45, 2.75) is 32.5 Å². The number of nitrogens with zero attached hydrogens (tertiary/aromatic N) is 1. The van der Waals surface area contributed by atoms with Crippen molar-refractivity contribution >= 4 is 11.6 Å². The molecule has 4 nitrogen and oxygen atoms in total. The van der Waals surface area contributed by atoms with E-state index in [2.05, 4.69) is 13.0 Å². The number of fused-ring (bicyclic) bond motifs is 1. The average Bonchev–Trinajstić information content (AvgIpc) is 2.91. The molecule has 0 spiro atoms. The summed E-state index contributed by atoms with van der Waals surface area (Å²) in [6, 6.07) is 15.2. The van der Waals surface area contributed by atoms with Crippen LogP contribution in [0.25, 0.3) is 0 Å². The number of amides is 1. The highest BCUT2D eigenvalue weighted by atomic mass is 16.5. The highest BCUT2D eigenvalue weighted by Gasteiger charge is 2.32. The van der Waals surface area contributed by atoms with Gasteiger partial charge in [-0.15, -0.1) is 0 Å². The lowest BCUT2D eigenvalue weighted by Gasteiger charge is -2.22. The Morgan fingerprint density at radius 3 is 2.87 bits per heavy atom. The van der Waals surface area contributed by atoms with Gasteiger partial charge in [-0.05, 0) is 36.2 Å². The first-order chi connectivity index (χ1) is 11.1. The Bertz CT molecular complexity index is 713. The molecule has 0 saturated carbocycles. The third kappa shape index (κ3) is 3.08. The van der Waals surface area contributed by atoms with Gasteiger partial charge in [0.05, 0.1) is 6.61 Å². The van der Waals surface area contributed by atoms with Crippen LogP contribution in [0.1, 0.15) is 30.9 Å². The van der Waals surface area contributed by atoms with Crippen LogP contribution in [0, 0.1) is 0 Å². The third-order valence-corrected chi connectivity index (χ3v) is 4.22. The van der Waals surface area contributed by atoms with Crippen LogP contribution in [0.3, 0.4) is 0 Å². The zero-order valence-corrected chi connectivity index (χ0v) is 13.4. The molecule has 1 heterocycles. The molecule has 2 aromatic rings. The molecule has 4 heteroatoms. The monoisotopic (exact) mass is 311 g/mol. The van der Waals surface area contributed by atoms with Gasteiger partial charge in [0.2, 0.25) is 0 Å². The molecule has 2 unspecified atom stereocenters. The molecule has 3 rings (SSSR count). The van der Waals surface area contributed by atoms with Crippen molar-refractivity contribution in [1.29, 1.82) is 0 Å². The van der Waals surface area contributed by atoms with Gasteiger partial charge in [-0.1, -0.05) is 37.3 Å². The van der Waals surface area contributed by atoms with E-state index in [-0.39, 0.29) is 12.5 Å². The number of benzene rings is 2. The minimum Gasteiger partial charge on any atom is -0.481 e. The molecule has 2 atom stereocenters. The number of carbonyl (C=O) groups excluding carboxylic acids is 1. The number of ether oxygens (including phenoxy) is 1. The Morgan fingerprint density at radius 2 is 2.09 bits per heavy atom. The maximum Gasteiger partial charge on any atom is 0.267 e. The van der Waals surface area contributed by atoms with E-state index in [0.717, 1.165) is 11.3 Å². The minimum absolute atomic E-state index is 0.0451. The molecule has 1 amide bonds. The first kappa shape index (κ1) is 15.6. The molecule has 1 aliphatic rings. The number of rotatable bonds is 4. The first-order valence-electron chi connectivity index (χ1n) is 7.87. The lowest BCUT2D eigenvalue weighted by molar-refractivity contribution is -0.124. The second kappa shape index (κ2) is 6.42. The van der Waals surface area contributed by atoms with E-state index in [4.69, 9.17) is 4.74 Å². The molecule has 0 aliphatic carbocycles. The second-order valence-corrected chi connectivity index (χ2v) is 5.97. The maximum absolute atomic E-state index is 12.8. The molecule has 0 aromatic heterocycles. The van der Waals surface area contributed by atoms with Crippen LogP contribution in [0.15, 0.2) is 48.5 Å². The number of carbonyl (C=O) groups is 1. The van der Waals surface area contributed by atoms with E-state index >= 15 is 0 Å². The van der Waals surface area contributed by atoms with Gasteiger partial charge in [0.15, 0.2) is 6.10 Å². The summed E-state index contributed by atoms with van der Waals surface area (Å²) in [5.74, 6) is 0.884.